The van der Waals surface area contributed by atoms with Crippen LogP contribution in [-0.4, -0.2) is 28.3 Å². The summed E-state index contributed by atoms with van der Waals surface area (Å²) in [5.41, 5.74) is 0.119. The predicted molar refractivity (Wildman–Crippen MR) is 80.9 cm³/mol. The number of carbonyl (C=O) groups is 2. The van der Waals surface area contributed by atoms with Crippen LogP contribution in [0.3, 0.4) is 0 Å². The van der Waals surface area contributed by atoms with Gasteiger partial charge in [0.1, 0.15) is 22.8 Å². The lowest BCUT2D eigenvalue weighted by Crippen LogP contribution is -2.38. The van der Waals surface area contributed by atoms with Gasteiger partial charge in [0.25, 0.3) is 5.91 Å². The highest BCUT2D eigenvalue weighted by molar-refractivity contribution is 5.99. The highest BCUT2D eigenvalue weighted by Crippen LogP contribution is 2.26. The molecule has 0 aliphatic heterocycles. The van der Waals surface area contributed by atoms with Crippen molar-refractivity contribution in [2.24, 2.45) is 0 Å². The van der Waals surface area contributed by atoms with Gasteiger partial charge in [0.15, 0.2) is 5.78 Å². The largest absolute Gasteiger partial charge is 0.466 e. The second-order valence-electron chi connectivity index (χ2n) is 5.64. The van der Waals surface area contributed by atoms with E-state index in [1.807, 2.05) is 0 Å². The van der Waals surface area contributed by atoms with Gasteiger partial charge in [-0.15, -0.1) is 0 Å². The molecule has 1 amide bonds. The number of aryl methyl sites for hydroxylation is 2. The normalized spacial score (nSPS) is 13.7. The van der Waals surface area contributed by atoms with Crippen LogP contribution in [0.5, 0.6) is 0 Å². The molecule has 6 nitrogen and oxygen atoms in total. The van der Waals surface area contributed by atoms with Gasteiger partial charge in [-0.05, 0) is 39.8 Å². The highest BCUT2D eigenvalue weighted by Gasteiger charge is 2.28. The zero-order valence-electron chi connectivity index (χ0n) is 13.1. The Kier molecular flexibility index (Phi) is 4.23. The number of aliphatic hydroxyl groups is 1. The van der Waals surface area contributed by atoms with E-state index >= 15 is 0 Å². The molecule has 2 aromatic rings. The van der Waals surface area contributed by atoms with Crippen LogP contribution in [-0.2, 0) is 5.60 Å². The molecule has 2 rings (SSSR count). The third kappa shape index (κ3) is 3.28. The molecule has 0 fully saturated rings. The van der Waals surface area contributed by atoms with Gasteiger partial charge in [-0.1, -0.05) is 0 Å². The molecule has 0 bridgehead atoms. The van der Waals surface area contributed by atoms with Crippen LogP contribution >= 0.6 is 0 Å². The summed E-state index contributed by atoms with van der Waals surface area (Å²) in [6, 6.07) is 3.24. The number of aromatic nitrogens is 1. The lowest BCUT2D eigenvalue weighted by atomic mass is 9.96. The van der Waals surface area contributed by atoms with Crippen LogP contribution < -0.4 is 5.32 Å². The molecule has 0 radical (unpaired) electrons. The predicted octanol–water partition coefficient (Wildman–Crippen LogP) is 2.06. The van der Waals surface area contributed by atoms with Gasteiger partial charge in [-0.2, -0.15) is 0 Å². The fraction of sp³-hybridized carbons (Fsp3) is 0.375. The number of amides is 1. The van der Waals surface area contributed by atoms with Crippen molar-refractivity contribution in [2.75, 3.05) is 6.54 Å². The van der Waals surface area contributed by atoms with Gasteiger partial charge in [-0.25, -0.2) is 0 Å². The summed E-state index contributed by atoms with van der Waals surface area (Å²) >= 11 is 0. The molecule has 0 saturated carbocycles. The van der Waals surface area contributed by atoms with Crippen molar-refractivity contribution < 1.29 is 19.1 Å². The molecule has 0 aromatic carbocycles. The Hall–Kier alpha value is -2.34. The first kappa shape index (κ1) is 16.0. The number of H-pyrrole nitrogens is 1. The second kappa shape index (κ2) is 5.81. The summed E-state index contributed by atoms with van der Waals surface area (Å²) in [7, 11) is 0. The van der Waals surface area contributed by atoms with Crippen molar-refractivity contribution >= 4 is 11.7 Å². The molecule has 0 aliphatic carbocycles. The maximum absolute atomic E-state index is 12.1. The number of aromatic amines is 1. The Bertz CT molecular complexity index is 710. The van der Waals surface area contributed by atoms with Gasteiger partial charge < -0.3 is 19.8 Å². The lowest BCUT2D eigenvalue weighted by molar-refractivity contribution is 0.0513. The average molecular weight is 304 g/mol. The van der Waals surface area contributed by atoms with Crippen LogP contribution in [0.15, 0.2) is 22.7 Å². The van der Waals surface area contributed by atoms with E-state index in [1.54, 1.807) is 26.8 Å². The lowest BCUT2D eigenvalue weighted by Gasteiger charge is -2.23. The Morgan fingerprint density at radius 2 is 2.05 bits per heavy atom. The number of furan rings is 1. The molecule has 0 spiro atoms. The molecule has 1 atom stereocenters. The zero-order valence-corrected chi connectivity index (χ0v) is 13.1. The topological polar surface area (TPSA) is 95.3 Å². The molecular weight excluding hydrogens is 284 g/mol. The van der Waals surface area contributed by atoms with E-state index in [9.17, 15) is 14.7 Å². The molecule has 1 unspecified atom stereocenters. The Labute approximate surface area is 128 Å². The molecule has 2 heterocycles. The monoisotopic (exact) mass is 304 g/mol. The Morgan fingerprint density at radius 3 is 2.55 bits per heavy atom. The quantitative estimate of drug-likeness (QED) is 0.737. The third-order valence-corrected chi connectivity index (χ3v) is 3.55. The third-order valence-electron chi connectivity index (χ3n) is 3.55. The zero-order chi connectivity index (χ0) is 16.5. The van der Waals surface area contributed by atoms with E-state index in [0.717, 1.165) is 0 Å². The van der Waals surface area contributed by atoms with E-state index in [1.165, 1.54) is 19.2 Å². The van der Waals surface area contributed by atoms with Gasteiger partial charge in [0.2, 0.25) is 0 Å². The van der Waals surface area contributed by atoms with Crippen molar-refractivity contribution in [2.45, 2.75) is 33.3 Å². The molecule has 0 aliphatic rings. The van der Waals surface area contributed by atoms with Crippen LogP contribution in [0, 0.1) is 13.8 Å². The van der Waals surface area contributed by atoms with E-state index in [4.69, 9.17) is 4.42 Å². The van der Waals surface area contributed by atoms with Crippen molar-refractivity contribution in [3.63, 3.8) is 0 Å². The van der Waals surface area contributed by atoms with Crippen molar-refractivity contribution in [1.29, 1.82) is 0 Å². The van der Waals surface area contributed by atoms with Crippen molar-refractivity contribution in [3.05, 3.63) is 46.7 Å². The molecule has 2 aromatic heterocycles. The molecule has 0 saturated heterocycles. The summed E-state index contributed by atoms with van der Waals surface area (Å²) in [6.07, 6.45) is 1.49. The number of ketones is 1. The minimum atomic E-state index is -1.24. The number of nitrogens with one attached hydrogen (secondary N) is 2. The van der Waals surface area contributed by atoms with Crippen molar-refractivity contribution in [3.8, 4) is 0 Å². The van der Waals surface area contributed by atoms with Crippen LogP contribution in [0.1, 0.15) is 51.8 Å². The summed E-state index contributed by atoms with van der Waals surface area (Å²) in [6.45, 7) is 6.64. The average Bonchev–Trinajstić information content (AvgIpc) is 3.03. The van der Waals surface area contributed by atoms with Crippen LogP contribution in [0.25, 0.3) is 0 Å². The second-order valence-corrected chi connectivity index (χ2v) is 5.64. The van der Waals surface area contributed by atoms with Crippen LogP contribution in [0.4, 0.5) is 0 Å². The van der Waals surface area contributed by atoms with E-state index < -0.39 is 5.60 Å². The number of hydrogen-bond donors (Lipinski definition) is 3. The standard InChI is InChI=1S/C16H20N2O4/c1-9-5-13(11(3)22-9)16(4,21)8-18-15(20)14-6-12(7-17-14)10(2)19/h5-7,17,21H,8H2,1-4H3,(H,18,20). The molecule has 22 heavy (non-hydrogen) atoms. The summed E-state index contributed by atoms with van der Waals surface area (Å²) < 4.78 is 5.41. The first-order valence-corrected chi connectivity index (χ1v) is 6.98. The van der Waals surface area contributed by atoms with Gasteiger partial charge in [0.05, 0.1) is 6.54 Å². The number of hydrogen-bond acceptors (Lipinski definition) is 4. The van der Waals surface area contributed by atoms with Gasteiger partial charge in [0, 0.05) is 17.3 Å². The van der Waals surface area contributed by atoms with Crippen LogP contribution in [0.2, 0.25) is 0 Å². The maximum atomic E-state index is 12.1. The fourth-order valence-corrected chi connectivity index (χ4v) is 2.34. The van der Waals surface area contributed by atoms with E-state index in [0.29, 0.717) is 22.6 Å². The summed E-state index contributed by atoms with van der Waals surface area (Å²) in [5.74, 6) is 0.822. The SMILES string of the molecule is CC(=O)c1c[nH]c(C(=O)NCC(C)(O)c2cc(C)oc2C)c1. The first-order valence-electron chi connectivity index (χ1n) is 6.98. The first-order chi connectivity index (χ1) is 10.2. The van der Waals surface area contributed by atoms with E-state index in [2.05, 4.69) is 10.3 Å². The molecule has 118 valence electrons. The highest BCUT2D eigenvalue weighted by atomic mass is 16.3. The van der Waals surface area contributed by atoms with Gasteiger partial charge in [-0.3, -0.25) is 9.59 Å². The summed E-state index contributed by atoms with van der Waals surface area (Å²) in [5, 5.41) is 13.2. The minimum Gasteiger partial charge on any atom is -0.466 e. The van der Waals surface area contributed by atoms with Crippen molar-refractivity contribution in [1.82, 2.24) is 10.3 Å². The molecule has 3 N–H and O–H groups in total. The minimum absolute atomic E-state index is 0.0278. The van der Waals surface area contributed by atoms with E-state index in [-0.39, 0.29) is 23.9 Å². The van der Waals surface area contributed by atoms with Gasteiger partial charge >= 0.3 is 0 Å². The smallest absolute Gasteiger partial charge is 0.267 e. The number of rotatable bonds is 5. The summed E-state index contributed by atoms with van der Waals surface area (Å²) in [4.78, 5) is 26.0. The number of Topliss-reactive ketones (excluding diaryl/α,β-unsaturated/α-hetero) is 1. The molecular formula is C16H20N2O4. The fourth-order valence-electron chi connectivity index (χ4n) is 2.34. The Balaban J connectivity index is 2.06. The molecule has 6 heteroatoms. The Morgan fingerprint density at radius 1 is 1.36 bits per heavy atom. The number of carbonyl (C=O) groups excluding carboxylic acids is 2. The maximum Gasteiger partial charge on any atom is 0.267 e.